The molecule has 0 bridgehead atoms. The average molecular weight is 550 g/mol. The number of carbonyl (C=O) groups is 2. The van der Waals surface area contributed by atoms with E-state index in [4.69, 9.17) is 10.2 Å². The molecular weight excluding hydrogens is 512 g/mol. The van der Waals surface area contributed by atoms with Crippen molar-refractivity contribution in [3.8, 4) is 5.69 Å². The summed E-state index contributed by atoms with van der Waals surface area (Å²) in [5.41, 5.74) is 4.10. The van der Waals surface area contributed by atoms with Crippen LogP contribution in [0, 0.1) is 12.7 Å². The van der Waals surface area contributed by atoms with Crippen LogP contribution in [0.5, 0.6) is 0 Å². The molecule has 3 rings (SSSR count). The van der Waals surface area contributed by atoms with Gasteiger partial charge in [-0.2, -0.15) is 5.10 Å². The summed E-state index contributed by atoms with van der Waals surface area (Å²) in [4.78, 5) is 26.4. The van der Waals surface area contributed by atoms with Crippen molar-refractivity contribution < 1.29 is 29.3 Å². The Morgan fingerprint density at radius 1 is 1.03 bits per heavy atom. The number of amides is 1. The summed E-state index contributed by atoms with van der Waals surface area (Å²) in [6.07, 6.45) is -2.14. The number of aliphatic hydroxyl groups excluding tert-OH is 2. The van der Waals surface area contributed by atoms with E-state index in [0.717, 1.165) is 16.8 Å². The molecule has 0 spiro atoms. The molecule has 10 heteroatoms. The molecule has 39 heavy (non-hydrogen) atoms. The third kappa shape index (κ3) is 8.46. The second kappa shape index (κ2) is 14.7. The molecular formula is C29H37FN3NaO5. The van der Waals surface area contributed by atoms with Crippen molar-refractivity contribution in [2.75, 3.05) is 11.4 Å². The van der Waals surface area contributed by atoms with E-state index in [1.54, 1.807) is 21.7 Å². The van der Waals surface area contributed by atoms with Crippen LogP contribution >= 0.6 is 0 Å². The Hall–Kier alpha value is -2.56. The molecule has 0 fully saturated rings. The summed E-state index contributed by atoms with van der Waals surface area (Å²) in [7, 11) is 0. The van der Waals surface area contributed by atoms with Crippen molar-refractivity contribution in [1.82, 2.24) is 9.78 Å². The van der Waals surface area contributed by atoms with Gasteiger partial charge in [-0.25, -0.2) is 9.07 Å². The number of aryl methyl sites for hydroxylation is 1. The summed E-state index contributed by atoms with van der Waals surface area (Å²) in [6.45, 7) is 8.22. The maximum atomic E-state index is 13.9. The Morgan fingerprint density at radius 3 is 2.18 bits per heavy atom. The van der Waals surface area contributed by atoms with Crippen molar-refractivity contribution >= 4 is 47.1 Å². The maximum absolute atomic E-state index is 13.9. The van der Waals surface area contributed by atoms with E-state index in [9.17, 15) is 24.2 Å². The minimum atomic E-state index is -1.17. The molecule has 0 unspecified atom stereocenters. The summed E-state index contributed by atoms with van der Waals surface area (Å²) < 4.78 is 15.3. The van der Waals surface area contributed by atoms with E-state index in [2.05, 4.69) is 0 Å². The molecule has 8 nitrogen and oxygen atoms in total. The summed E-state index contributed by atoms with van der Waals surface area (Å²) >= 11 is 0. The number of nitrogens with zero attached hydrogens (tertiary/aromatic N) is 3. The molecule has 0 aliphatic rings. The second-order valence-electron chi connectivity index (χ2n) is 9.82. The van der Waals surface area contributed by atoms with Crippen molar-refractivity contribution in [3.05, 3.63) is 76.9 Å². The zero-order valence-electron chi connectivity index (χ0n) is 22.3. The molecule has 2 aromatic carbocycles. The number of carbonyl (C=O) groups excluding carboxylic acids is 1. The number of aromatic nitrogens is 2. The van der Waals surface area contributed by atoms with Gasteiger partial charge in [0.1, 0.15) is 5.82 Å². The molecule has 1 amide bonds. The van der Waals surface area contributed by atoms with Crippen molar-refractivity contribution in [2.24, 2.45) is 0 Å². The first-order valence-electron chi connectivity index (χ1n) is 12.9. The van der Waals surface area contributed by atoms with Crippen LogP contribution in [0.25, 0.3) is 5.69 Å². The van der Waals surface area contributed by atoms with Crippen LogP contribution in [0.1, 0.15) is 73.3 Å². The quantitative estimate of drug-likeness (QED) is 0.295. The number of benzene rings is 2. The van der Waals surface area contributed by atoms with E-state index in [1.807, 2.05) is 52.0 Å². The fourth-order valence-corrected chi connectivity index (χ4v) is 4.58. The second-order valence-corrected chi connectivity index (χ2v) is 9.82. The molecule has 2 atom stereocenters. The Morgan fingerprint density at radius 2 is 1.64 bits per heavy atom. The van der Waals surface area contributed by atoms with Crippen LogP contribution in [0.2, 0.25) is 0 Å². The van der Waals surface area contributed by atoms with E-state index >= 15 is 0 Å². The van der Waals surface area contributed by atoms with Crippen LogP contribution in [0.4, 0.5) is 10.1 Å². The van der Waals surface area contributed by atoms with Gasteiger partial charge >= 0.3 is 35.5 Å². The Bertz CT molecular complexity index is 1250. The number of rotatable bonds is 12. The molecule has 0 aliphatic heterocycles. The van der Waals surface area contributed by atoms with E-state index in [1.165, 1.54) is 12.1 Å². The van der Waals surface area contributed by atoms with Crippen LogP contribution in [0.3, 0.4) is 0 Å². The number of aliphatic carboxylic acids is 1. The van der Waals surface area contributed by atoms with Gasteiger partial charge in [0.25, 0.3) is 5.91 Å². The number of hydrogen-bond donors (Lipinski definition) is 3. The summed E-state index contributed by atoms with van der Waals surface area (Å²) in [5, 5.41) is 34.1. The van der Waals surface area contributed by atoms with Crippen molar-refractivity contribution in [2.45, 2.75) is 71.5 Å². The van der Waals surface area contributed by atoms with Crippen LogP contribution in [0.15, 0.2) is 48.5 Å². The number of hydrogen-bond acceptors (Lipinski definition) is 5. The number of carboxylic acid groups (broad SMARTS) is 1. The minimum absolute atomic E-state index is 0. The topological polar surface area (TPSA) is 116 Å². The van der Waals surface area contributed by atoms with Gasteiger partial charge in [0.15, 0.2) is 5.69 Å². The van der Waals surface area contributed by atoms with Gasteiger partial charge in [-0.15, -0.1) is 0 Å². The van der Waals surface area contributed by atoms with Gasteiger partial charge in [-0.3, -0.25) is 9.59 Å². The molecule has 1 heterocycles. The first-order valence-corrected chi connectivity index (χ1v) is 12.9. The fraction of sp³-hybridized carbons (Fsp3) is 0.414. The zero-order chi connectivity index (χ0) is 28.0. The number of aliphatic hydroxyl groups is 2. The number of carboxylic acids is 1. The molecule has 1 aromatic heterocycles. The Kier molecular flexibility index (Phi) is 12.3. The van der Waals surface area contributed by atoms with E-state index in [0.29, 0.717) is 24.3 Å². The predicted octanol–water partition coefficient (Wildman–Crippen LogP) is 3.98. The fourth-order valence-electron chi connectivity index (χ4n) is 4.58. The predicted molar refractivity (Wildman–Crippen MR) is 150 cm³/mol. The van der Waals surface area contributed by atoms with Gasteiger partial charge in [-0.05, 0) is 75.4 Å². The Labute approximate surface area is 250 Å². The van der Waals surface area contributed by atoms with Crippen LogP contribution < -0.4 is 4.90 Å². The number of halogens is 1. The molecule has 0 saturated heterocycles. The van der Waals surface area contributed by atoms with Crippen LogP contribution in [-0.2, 0) is 11.2 Å². The molecule has 0 radical (unpaired) electrons. The van der Waals surface area contributed by atoms with Gasteiger partial charge in [-0.1, -0.05) is 31.5 Å². The SMILES string of the molecule is CCN(C(=O)c1nn(-c2ccc(F)cc2)c(CC[C@@H](O)C[C@@H](O)CC(=O)O)c1C(C)C)c1ccc(C)cc1.[NaH]. The summed E-state index contributed by atoms with van der Waals surface area (Å²) in [5.74, 6) is -1.90. The third-order valence-electron chi connectivity index (χ3n) is 6.45. The normalized spacial score (nSPS) is 12.6. The molecule has 3 aromatic rings. The van der Waals surface area contributed by atoms with Gasteiger partial charge in [0.2, 0.25) is 0 Å². The van der Waals surface area contributed by atoms with E-state index in [-0.39, 0.29) is 59.9 Å². The van der Waals surface area contributed by atoms with Crippen molar-refractivity contribution in [1.29, 1.82) is 0 Å². The standard InChI is InChI=1S/C29H36FN3O5.Na.H/c1-5-32(21-10-6-19(4)7-11-21)29(38)28-27(18(2)3)25(15-14-23(34)16-24(35)17-26(36)37)33(31-28)22-12-8-20(30)9-13-22;;/h6-13,18,23-24,34-35H,5,14-17H2,1-4H3,(H,36,37);;/t23-,24-;;/m1../s1. The molecule has 3 N–H and O–H groups in total. The average Bonchev–Trinajstić information content (AvgIpc) is 3.24. The zero-order valence-corrected chi connectivity index (χ0v) is 22.3. The first kappa shape index (κ1) is 32.7. The van der Waals surface area contributed by atoms with Crippen LogP contribution in [-0.4, -0.2) is 85.3 Å². The molecule has 0 saturated carbocycles. The number of anilines is 1. The van der Waals surface area contributed by atoms with Crippen molar-refractivity contribution in [3.63, 3.8) is 0 Å². The summed E-state index contributed by atoms with van der Waals surface area (Å²) in [6, 6.07) is 13.5. The third-order valence-corrected chi connectivity index (χ3v) is 6.45. The Balaban J connectivity index is 0.00000533. The van der Waals surface area contributed by atoms with E-state index < -0.39 is 30.4 Å². The van der Waals surface area contributed by atoms with Gasteiger partial charge in [0.05, 0.1) is 24.3 Å². The first-order chi connectivity index (χ1) is 18.0. The monoisotopic (exact) mass is 549 g/mol. The molecule has 206 valence electrons. The van der Waals surface area contributed by atoms with Gasteiger partial charge in [0, 0.05) is 23.5 Å². The van der Waals surface area contributed by atoms with Gasteiger partial charge < -0.3 is 20.2 Å². The molecule has 0 aliphatic carbocycles.